The average Bonchev–Trinajstić information content (AvgIpc) is 1.65. The van der Waals surface area contributed by atoms with Crippen molar-refractivity contribution < 1.29 is 13.9 Å². The summed E-state index contributed by atoms with van der Waals surface area (Å²) >= 11 is 0. The van der Waals surface area contributed by atoms with Crippen molar-refractivity contribution in [1.29, 1.82) is 0 Å². The van der Waals surface area contributed by atoms with E-state index in [9.17, 15) is 9.18 Å². The Morgan fingerprint density at radius 3 is 2.29 bits per heavy atom. The fraction of sp³-hybridized carbons (Fsp3) is 0.750. The lowest BCUT2D eigenvalue weighted by Gasteiger charge is -1.94. The molecule has 0 fully saturated rings. The minimum atomic E-state index is -1.50. The van der Waals surface area contributed by atoms with Crippen molar-refractivity contribution in [2.45, 2.75) is 13.1 Å². The quantitative estimate of drug-likeness (QED) is 0.455. The summed E-state index contributed by atoms with van der Waals surface area (Å²) in [5, 5.41) is 0. The van der Waals surface area contributed by atoms with E-state index in [0.29, 0.717) is 0 Å². The molecular formula is C4H7FO2. The van der Waals surface area contributed by atoms with Crippen LogP contribution < -0.4 is 0 Å². The van der Waals surface area contributed by atoms with Crippen molar-refractivity contribution in [3.05, 3.63) is 0 Å². The molecule has 0 saturated carbocycles. The van der Waals surface area contributed by atoms with Crippen LogP contribution in [0.25, 0.3) is 0 Å². The molecule has 0 N–H and O–H groups in total. The second-order valence-electron chi connectivity index (χ2n) is 1.14. The Bertz CT molecular complexity index is 70.1. The van der Waals surface area contributed by atoms with Crippen molar-refractivity contribution in [1.82, 2.24) is 0 Å². The van der Waals surface area contributed by atoms with Crippen LogP contribution in [0.15, 0.2) is 0 Å². The van der Waals surface area contributed by atoms with Gasteiger partial charge in [0.2, 0.25) is 0 Å². The van der Waals surface area contributed by atoms with Crippen molar-refractivity contribution in [2.75, 3.05) is 7.11 Å². The monoisotopic (exact) mass is 106 g/mol. The van der Waals surface area contributed by atoms with Gasteiger partial charge in [-0.05, 0) is 6.92 Å². The van der Waals surface area contributed by atoms with Gasteiger partial charge < -0.3 is 4.74 Å². The standard InChI is InChI=1S/C4H7FO2/c1-3(5)4(6)7-2/h3H,1-2H3. The summed E-state index contributed by atoms with van der Waals surface area (Å²) in [6.07, 6.45) is -1.50. The zero-order valence-electron chi connectivity index (χ0n) is 4.27. The average molecular weight is 106 g/mol. The molecule has 1 unspecified atom stereocenters. The first-order valence-corrected chi connectivity index (χ1v) is 1.90. The Morgan fingerprint density at radius 1 is 1.86 bits per heavy atom. The Balaban J connectivity index is 3.35. The maximum absolute atomic E-state index is 11.6. The van der Waals surface area contributed by atoms with Gasteiger partial charge >= 0.3 is 5.97 Å². The van der Waals surface area contributed by atoms with Crippen LogP contribution in [0.2, 0.25) is 0 Å². The second-order valence-corrected chi connectivity index (χ2v) is 1.14. The summed E-state index contributed by atoms with van der Waals surface area (Å²) in [5.41, 5.74) is 0. The molecule has 1 atom stereocenters. The molecule has 0 aromatic rings. The largest absolute Gasteiger partial charge is 0.467 e. The first-order chi connectivity index (χ1) is 3.18. The minimum absolute atomic E-state index is 0.819. The third-order valence-electron chi connectivity index (χ3n) is 0.526. The number of esters is 1. The van der Waals surface area contributed by atoms with E-state index in [1.807, 2.05) is 0 Å². The molecule has 0 aliphatic heterocycles. The van der Waals surface area contributed by atoms with Crippen LogP contribution in [0.1, 0.15) is 6.92 Å². The second kappa shape index (κ2) is 2.55. The lowest BCUT2D eigenvalue weighted by Crippen LogP contribution is -2.12. The van der Waals surface area contributed by atoms with Gasteiger partial charge in [-0.3, -0.25) is 0 Å². The van der Waals surface area contributed by atoms with Crippen LogP contribution in [0.4, 0.5) is 4.39 Å². The summed E-state index contributed by atoms with van der Waals surface area (Å²) < 4.78 is 15.6. The number of rotatable bonds is 1. The zero-order chi connectivity index (χ0) is 5.86. The van der Waals surface area contributed by atoms with Gasteiger partial charge in [-0.2, -0.15) is 0 Å². The molecule has 0 radical (unpaired) electrons. The van der Waals surface area contributed by atoms with E-state index in [4.69, 9.17) is 0 Å². The SMILES string of the molecule is COC(=O)C(C)F. The van der Waals surface area contributed by atoms with Crippen LogP contribution >= 0.6 is 0 Å². The van der Waals surface area contributed by atoms with Crippen molar-refractivity contribution in [3.8, 4) is 0 Å². The lowest BCUT2D eigenvalue weighted by molar-refractivity contribution is -0.145. The molecule has 0 aromatic carbocycles. The van der Waals surface area contributed by atoms with Gasteiger partial charge in [-0.15, -0.1) is 0 Å². The molecule has 0 spiro atoms. The maximum Gasteiger partial charge on any atom is 0.340 e. The Labute approximate surface area is 41.3 Å². The minimum Gasteiger partial charge on any atom is -0.467 e. The summed E-state index contributed by atoms with van der Waals surface area (Å²) in [4.78, 5) is 9.91. The van der Waals surface area contributed by atoms with E-state index in [-0.39, 0.29) is 0 Å². The van der Waals surface area contributed by atoms with E-state index in [0.717, 1.165) is 14.0 Å². The molecule has 2 nitrogen and oxygen atoms in total. The predicted molar refractivity (Wildman–Crippen MR) is 22.6 cm³/mol. The van der Waals surface area contributed by atoms with Gasteiger partial charge in [-0.1, -0.05) is 0 Å². The fourth-order valence-electron chi connectivity index (χ4n) is 0.162. The molecule has 0 aromatic heterocycles. The smallest absolute Gasteiger partial charge is 0.340 e. The maximum atomic E-state index is 11.6. The summed E-state index contributed by atoms with van der Waals surface area (Å²) in [6, 6.07) is 0. The highest BCUT2D eigenvalue weighted by Crippen LogP contribution is 1.88. The number of ether oxygens (including phenoxy) is 1. The van der Waals surface area contributed by atoms with Crippen molar-refractivity contribution in [3.63, 3.8) is 0 Å². The van der Waals surface area contributed by atoms with E-state index < -0.39 is 12.1 Å². The van der Waals surface area contributed by atoms with Gasteiger partial charge in [0.25, 0.3) is 0 Å². The molecular weight excluding hydrogens is 99.0 g/mol. The number of halogens is 1. The highest BCUT2D eigenvalue weighted by molar-refractivity contribution is 5.73. The molecule has 7 heavy (non-hydrogen) atoms. The molecule has 0 aliphatic rings. The third kappa shape index (κ3) is 2.14. The van der Waals surface area contributed by atoms with Crippen LogP contribution in [-0.4, -0.2) is 19.3 Å². The topological polar surface area (TPSA) is 26.3 Å². The van der Waals surface area contributed by atoms with E-state index >= 15 is 0 Å². The number of carbonyl (C=O) groups is 1. The normalized spacial score (nSPS) is 13.0. The summed E-state index contributed by atoms with van der Waals surface area (Å²) in [6.45, 7) is 1.13. The van der Waals surface area contributed by atoms with Gasteiger partial charge in [0, 0.05) is 0 Å². The number of carbonyl (C=O) groups excluding carboxylic acids is 1. The van der Waals surface area contributed by atoms with E-state index in [1.165, 1.54) is 0 Å². The van der Waals surface area contributed by atoms with Crippen LogP contribution in [0.3, 0.4) is 0 Å². The van der Waals surface area contributed by atoms with Crippen LogP contribution in [0, 0.1) is 0 Å². The Morgan fingerprint density at radius 2 is 2.29 bits per heavy atom. The van der Waals surface area contributed by atoms with Gasteiger partial charge in [0.05, 0.1) is 7.11 Å². The highest BCUT2D eigenvalue weighted by atomic mass is 19.1. The molecule has 0 bridgehead atoms. The first-order valence-electron chi connectivity index (χ1n) is 1.90. The predicted octanol–water partition coefficient (Wildman–Crippen LogP) is 0.517. The van der Waals surface area contributed by atoms with Crippen LogP contribution in [0.5, 0.6) is 0 Å². The first kappa shape index (κ1) is 6.40. The van der Waals surface area contributed by atoms with Gasteiger partial charge in [-0.25, -0.2) is 9.18 Å². The Kier molecular flexibility index (Phi) is 2.33. The summed E-state index contributed by atoms with van der Waals surface area (Å²) in [7, 11) is 1.15. The number of methoxy groups -OCH3 is 1. The molecule has 42 valence electrons. The molecule has 0 heterocycles. The van der Waals surface area contributed by atoms with Crippen LogP contribution in [-0.2, 0) is 9.53 Å². The van der Waals surface area contributed by atoms with Gasteiger partial charge in [0.1, 0.15) is 0 Å². The van der Waals surface area contributed by atoms with E-state index in [2.05, 4.69) is 4.74 Å². The van der Waals surface area contributed by atoms with Gasteiger partial charge in [0.15, 0.2) is 6.17 Å². The number of hydrogen-bond donors (Lipinski definition) is 0. The summed E-state index contributed by atoms with van der Waals surface area (Å²) in [5.74, 6) is -0.819. The zero-order valence-corrected chi connectivity index (χ0v) is 4.27. The molecule has 0 saturated heterocycles. The highest BCUT2D eigenvalue weighted by Gasteiger charge is 2.08. The molecule has 3 heteroatoms. The third-order valence-corrected chi connectivity index (χ3v) is 0.526. The lowest BCUT2D eigenvalue weighted by atomic mass is 10.5. The van der Waals surface area contributed by atoms with Crippen molar-refractivity contribution in [2.24, 2.45) is 0 Å². The fourth-order valence-corrected chi connectivity index (χ4v) is 0.162. The molecule has 0 aliphatic carbocycles. The van der Waals surface area contributed by atoms with Crippen molar-refractivity contribution >= 4 is 5.97 Å². The molecule has 0 rings (SSSR count). The Hall–Kier alpha value is -0.600. The number of hydrogen-bond acceptors (Lipinski definition) is 2. The molecule has 0 amide bonds. The number of alkyl halides is 1. The van der Waals surface area contributed by atoms with E-state index in [1.54, 1.807) is 0 Å².